The Labute approximate surface area is 116 Å². The van der Waals surface area contributed by atoms with Crippen molar-refractivity contribution >= 4 is 17.6 Å². The average molecular weight is 278 g/mol. The fourth-order valence-corrected chi connectivity index (χ4v) is 2.43. The number of carbonyl (C=O) groups is 2. The monoisotopic (exact) mass is 278 g/mol. The average Bonchev–Trinajstić information content (AvgIpc) is 2.34. The number of aromatic nitrogens is 1. The van der Waals surface area contributed by atoms with Crippen molar-refractivity contribution in [1.82, 2.24) is 4.57 Å². The molecular formula is C14H18N2O4. The van der Waals surface area contributed by atoms with Crippen LogP contribution in [0, 0.1) is 12.3 Å². The van der Waals surface area contributed by atoms with Crippen molar-refractivity contribution in [3.05, 3.63) is 28.2 Å². The molecule has 20 heavy (non-hydrogen) atoms. The summed E-state index contributed by atoms with van der Waals surface area (Å²) in [6.45, 7) is 1.73. The van der Waals surface area contributed by atoms with E-state index >= 15 is 0 Å². The second-order valence-electron chi connectivity index (χ2n) is 5.45. The summed E-state index contributed by atoms with van der Waals surface area (Å²) in [5.41, 5.74) is -0.353. The lowest BCUT2D eigenvalue weighted by Crippen LogP contribution is -2.41. The van der Waals surface area contributed by atoms with Gasteiger partial charge in [0.1, 0.15) is 5.69 Å². The molecule has 6 heteroatoms. The molecule has 0 spiro atoms. The Morgan fingerprint density at radius 3 is 2.60 bits per heavy atom. The summed E-state index contributed by atoms with van der Waals surface area (Å²) in [7, 11) is 1.60. The number of aryl methyl sites for hydroxylation is 2. The lowest BCUT2D eigenvalue weighted by atomic mass is 9.66. The molecule has 1 saturated carbocycles. The molecule has 0 saturated heterocycles. The number of rotatable bonds is 4. The van der Waals surface area contributed by atoms with Crippen molar-refractivity contribution in [1.29, 1.82) is 0 Å². The van der Waals surface area contributed by atoms with Gasteiger partial charge in [-0.15, -0.1) is 0 Å². The molecule has 2 N–H and O–H groups in total. The van der Waals surface area contributed by atoms with E-state index in [-0.39, 0.29) is 17.7 Å². The zero-order chi connectivity index (χ0) is 14.9. The van der Waals surface area contributed by atoms with E-state index in [1.54, 1.807) is 26.2 Å². The third-order valence-corrected chi connectivity index (χ3v) is 4.00. The minimum atomic E-state index is -0.946. The van der Waals surface area contributed by atoms with Crippen LogP contribution in [0.4, 0.5) is 5.69 Å². The van der Waals surface area contributed by atoms with E-state index in [1.165, 1.54) is 4.57 Å². The number of amides is 1. The van der Waals surface area contributed by atoms with E-state index < -0.39 is 17.3 Å². The molecule has 0 aromatic carbocycles. The number of anilines is 1. The zero-order valence-electron chi connectivity index (χ0n) is 11.6. The second-order valence-corrected chi connectivity index (χ2v) is 5.45. The first-order valence-corrected chi connectivity index (χ1v) is 6.55. The van der Waals surface area contributed by atoms with Crippen molar-refractivity contribution in [3.8, 4) is 0 Å². The lowest BCUT2D eigenvalue weighted by Gasteiger charge is -2.36. The first-order chi connectivity index (χ1) is 9.35. The Balaban J connectivity index is 2.15. The quantitative estimate of drug-likeness (QED) is 0.868. The highest BCUT2D eigenvalue weighted by Gasteiger charge is 2.45. The predicted molar refractivity (Wildman–Crippen MR) is 73.6 cm³/mol. The number of aliphatic carboxylic acids is 1. The highest BCUT2D eigenvalue weighted by Crippen LogP contribution is 2.44. The summed E-state index contributed by atoms with van der Waals surface area (Å²) >= 11 is 0. The maximum atomic E-state index is 12.0. The number of nitrogens with zero attached hydrogens (tertiary/aromatic N) is 1. The van der Waals surface area contributed by atoms with Gasteiger partial charge in [0.15, 0.2) is 0 Å². The van der Waals surface area contributed by atoms with Gasteiger partial charge >= 0.3 is 5.97 Å². The molecule has 0 bridgehead atoms. The SMILES string of the molecule is Cc1ccn(C)c(=O)c1NC(=O)CC1(C(=O)O)CCC1. The molecular weight excluding hydrogens is 260 g/mol. The van der Waals surface area contributed by atoms with Gasteiger partial charge in [-0.05, 0) is 31.4 Å². The largest absolute Gasteiger partial charge is 0.481 e. The van der Waals surface area contributed by atoms with Crippen LogP contribution in [-0.2, 0) is 16.6 Å². The van der Waals surface area contributed by atoms with Crippen LogP contribution in [0.2, 0.25) is 0 Å². The minimum absolute atomic E-state index is 0.0835. The molecule has 108 valence electrons. The van der Waals surface area contributed by atoms with E-state index in [1.807, 2.05) is 0 Å². The topological polar surface area (TPSA) is 88.4 Å². The first kappa shape index (κ1) is 14.3. The highest BCUT2D eigenvalue weighted by atomic mass is 16.4. The summed E-state index contributed by atoms with van der Waals surface area (Å²) < 4.78 is 1.37. The standard InChI is InChI=1S/C14H18N2O4/c1-9-4-7-16(2)12(18)11(9)15-10(17)8-14(13(19)20)5-3-6-14/h4,7H,3,5-6,8H2,1-2H3,(H,15,17)(H,19,20). The second kappa shape index (κ2) is 5.11. The molecule has 1 aromatic heterocycles. The number of hydrogen-bond acceptors (Lipinski definition) is 3. The van der Waals surface area contributed by atoms with Gasteiger partial charge in [0.05, 0.1) is 5.41 Å². The number of pyridine rings is 1. The molecule has 2 rings (SSSR count). The van der Waals surface area contributed by atoms with Crippen molar-refractivity contribution in [2.24, 2.45) is 12.5 Å². The van der Waals surface area contributed by atoms with Gasteiger partial charge < -0.3 is 15.0 Å². The summed E-state index contributed by atoms with van der Waals surface area (Å²) in [5.74, 6) is -1.35. The van der Waals surface area contributed by atoms with Crippen LogP contribution < -0.4 is 10.9 Å². The maximum Gasteiger partial charge on any atom is 0.310 e. The molecule has 1 fully saturated rings. The molecule has 1 aliphatic rings. The van der Waals surface area contributed by atoms with Gasteiger partial charge in [0.25, 0.3) is 5.56 Å². The first-order valence-electron chi connectivity index (χ1n) is 6.55. The molecule has 6 nitrogen and oxygen atoms in total. The summed E-state index contributed by atoms with van der Waals surface area (Å²) in [6.07, 6.45) is 3.40. The number of carboxylic acids is 1. The molecule has 0 radical (unpaired) electrons. The van der Waals surface area contributed by atoms with Crippen LogP contribution in [0.15, 0.2) is 17.1 Å². The normalized spacial score (nSPS) is 16.3. The van der Waals surface area contributed by atoms with Crippen LogP contribution in [0.1, 0.15) is 31.2 Å². The van der Waals surface area contributed by atoms with Crippen molar-refractivity contribution in [2.45, 2.75) is 32.6 Å². The maximum absolute atomic E-state index is 12.0. The molecule has 0 aliphatic heterocycles. The van der Waals surface area contributed by atoms with Crippen LogP contribution in [0.3, 0.4) is 0 Å². The summed E-state index contributed by atoms with van der Waals surface area (Å²) in [4.78, 5) is 35.2. The summed E-state index contributed by atoms with van der Waals surface area (Å²) in [5, 5.41) is 11.8. The van der Waals surface area contributed by atoms with Crippen molar-refractivity contribution in [2.75, 3.05) is 5.32 Å². The molecule has 0 atom stereocenters. The Bertz CT molecular complexity index is 614. The Kier molecular flexibility index (Phi) is 3.65. The Morgan fingerprint density at radius 1 is 1.45 bits per heavy atom. The van der Waals surface area contributed by atoms with E-state index in [0.717, 1.165) is 6.42 Å². The highest BCUT2D eigenvalue weighted by molar-refractivity contribution is 5.94. The number of hydrogen-bond donors (Lipinski definition) is 2. The van der Waals surface area contributed by atoms with Crippen LogP contribution in [0.5, 0.6) is 0 Å². The van der Waals surface area contributed by atoms with E-state index in [9.17, 15) is 19.5 Å². The molecule has 1 amide bonds. The van der Waals surface area contributed by atoms with Crippen molar-refractivity contribution in [3.63, 3.8) is 0 Å². The minimum Gasteiger partial charge on any atom is -0.481 e. The van der Waals surface area contributed by atoms with Gasteiger partial charge in [-0.2, -0.15) is 0 Å². The number of nitrogens with one attached hydrogen (secondary N) is 1. The third-order valence-electron chi connectivity index (χ3n) is 4.00. The van der Waals surface area contributed by atoms with Crippen LogP contribution in [0.25, 0.3) is 0 Å². The van der Waals surface area contributed by atoms with Crippen LogP contribution >= 0.6 is 0 Å². The fraction of sp³-hybridized carbons (Fsp3) is 0.500. The molecule has 1 aromatic rings. The van der Waals surface area contributed by atoms with Gasteiger partial charge in [-0.3, -0.25) is 14.4 Å². The smallest absolute Gasteiger partial charge is 0.310 e. The van der Waals surface area contributed by atoms with E-state index in [2.05, 4.69) is 5.32 Å². The number of carboxylic acid groups (broad SMARTS) is 1. The van der Waals surface area contributed by atoms with Crippen molar-refractivity contribution < 1.29 is 14.7 Å². The summed E-state index contributed by atoms with van der Waals surface area (Å²) in [6, 6.07) is 1.73. The molecule has 1 aliphatic carbocycles. The molecule has 1 heterocycles. The molecule has 0 unspecified atom stereocenters. The van der Waals surface area contributed by atoms with E-state index in [0.29, 0.717) is 18.4 Å². The van der Waals surface area contributed by atoms with Gasteiger partial charge in [0.2, 0.25) is 5.91 Å². The Hall–Kier alpha value is -2.11. The predicted octanol–water partition coefficient (Wildman–Crippen LogP) is 1.28. The van der Waals surface area contributed by atoms with Crippen LogP contribution in [-0.4, -0.2) is 21.6 Å². The van der Waals surface area contributed by atoms with Gasteiger partial charge in [-0.1, -0.05) is 6.42 Å². The zero-order valence-corrected chi connectivity index (χ0v) is 11.6. The third kappa shape index (κ3) is 2.45. The van der Waals surface area contributed by atoms with E-state index in [4.69, 9.17) is 0 Å². The number of carbonyl (C=O) groups excluding carboxylic acids is 1. The van der Waals surface area contributed by atoms with Gasteiger partial charge in [0, 0.05) is 19.7 Å². The fourth-order valence-electron chi connectivity index (χ4n) is 2.43. The lowest BCUT2D eigenvalue weighted by molar-refractivity contribution is -0.157. The van der Waals surface area contributed by atoms with Gasteiger partial charge in [-0.25, -0.2) is 0 Å². The Morgan fingerprint density at radius 2 is 2.10 bits per heavy atom.